The number of alkyl halides is 1. The zero-order valence-electron chi connectivity index (χ0n) is 7.21. The van der Waals surface area contributed by atoms with Crippen molar-refractivity contribution in [1.29, 1.82) is 0 Å². The molecule has 0 amide bonds. The van der Waals surface area contributed by atoms with Gasteiger partial charge in [0.15, 0.2) is 0 Å². The van der Waals surface area contributed by atoms with Gasteiger partial charge in [-0.05, 0) is 30.5 Å². The second-order valence-corrected chi connectivity index (χ2v) is 4.19. The maximum atomic E-state index is 9.67. The van der Waals surface area contributed by atoms with Gasteiger partial charge in [-0.15, -0.1) is 11.6 Å². The second kappa shape index (κ2) is 5.63. The van der Waals surface area contributed by atoms with Gasteiger partial charge in [-0.25, -0.2) is 0 Å². The van der Waals surface area contributed by atoms with Crippen LogP contribution in [0, 0.1) is 0 Å². The lowest BCUT2D eigenvalue weighted by Gasteiger charge is -2.09. The van der Waals surface area contributed by atoms with Gasteiger partial charge in [0, 0.05) is 10.4 Å². The lowest BCUT2D eigenvalue weighted by Crippen LogP contribution is -1.97. The molecule has 1 nitrogen and oxygen atoms in total. The molecule has 3 heteroatoms. The van der Waals surface area contributed by atoms with Crippen molar-refractivity contribution in [2.24, 2.45) is 0 Å². The first kappa shape index (κ1) is 11.0. The molecule has 0 aliphatic carbocycles. The quantitative estimate of drug-likeness (QED) is 0.824. The number of hydrogen-bond donors (Lipinski definition) is 1. The number of aliphatic hydroxyl groups excluding tert-OH is 1. The van der Waals surface area contributed by atoms with Crippen LogP contribution >= 0.6 is 27.5 Å². The molecular weight excluding hydrogens is 251 g/mol. The monoisotopic (exact) mass is 262 g/mol. The summed E-state index contributed by atoms with van der Waals surface area (Å²) in [7, 11) is 0. The number of hydrogen-bond acceptors (Lipinski definition) is 1. The Balaban J connectivity index is 2.55. The minimum absolute atomic E-state index is 0.383. The fraction of sp³-hybridized carbons (Fsp3) is 0.400. The van der Waals surface area contributed by atoms with E-state index >= 15 is 0 Å². The molecule has 1 N–H and O–H groups in total. The SMILES string of the molecule is O[C@H](CCCCl)c1ccc(Br)cc1. The maximum absolute atomic E-state index is 9.67. The van der Waals surface area contributed by atoms with Crippen LogP contribution in [0.5, 0.6) is 0 Å². The van der Waals surface area contributed by atoms with Crippen LogP contribution in [-0.4, -0.2) is 11.0 Å². The Morgan fingerprint density at radius 2 is 1.92 bits per heavy atom. The Bertz CT molecular complexity index is 248. The maximum Gasteiger partial charge on any atom is 0.0790 e. The van der Waals surface area contributed by atoms with Gasteiger partial charge in [0.2, 0.25) is 0 Å². The molecule has 13 heavy (non-hydrogen) atoms. The van der Waals surface area contributed by atoms with Gasteiger partial charge < -0.3 is 5.11 Å². The summed E-state index contributed by atoms with van der Waals surface area (Å²) in [5.41, 5.74) is 0.952. The molecule has 0 radical (unpaired) electrons. The number of rotatable bonds is 4. The molecule has 0 spiro atoms. The highest BCUT2D eigenvalue weighted by molar-refractivity contribution is 9.10. The summed E-state index contributed by atoms with van der Waals surface area (Å²) in [6, 6.07) is 7.70. The molecule has 0 aliphatic heterocycles. The molecule has 1 atom stereocenters. The lowest BCUT2D eigenvalue weighted by atomic mass is 10.1. The predicted octanol–water partition coefficient (Wildman–Crippen LogP) is 3.50. The van der Waals surface area contributed by atoms with Crippen molar-refractivity contribution < 1.29 is 5.11 Å². The highest BCUT2D eigenvalue weighted by Crippen LogP contribution is 2.20. The van der Waals surface area contributed by atoms with Crippen LogP contribution in [0.4, 0.5) is 0 Å². The Morgan fingerprint density at radius 3 is 2.46 bits per heavy atom. The molecule has 0 saturated heterocycles. The topological polar surface area (TPSA) is 20.2 Å². The van der Waals surface area contributed by atoms with Crippen molar-refractivity contribution in [3.05, 3.63) is 34.3 Å². The van der Waals surface area contributed by atoms with Crippen molar-refractivity contribution in [3.63, 3.8) is 0 Å². The number of benzene rings is 1. The van der Waals surface area contributed by atoms with Crippen LogP contribution in [0.25, 0.3) is 0 Å². The zero-order valence-corrected chi connectivity index (χ0v) is 9.55. The van der Waals surface area contributed by atoms with Crippen molar-refractivity contribution in [1.82, 2.24) is 0 Å². The van der Waals surface area contributed by atoms with Gasteiger partial charge in [-0.3, -0.25) is 0 Å². The van der Waals surface area contributed by atoms with Crippen LogP contribution in [0.3, 0.4) is 0 Å². The van der Waals surface area contributed by atoms with E-state index in [2.05, 4.69) is 15.9 Å². The van der Waals surface area contributed by atoms with Crippen LogP contribution in [-0.2, 0) is 0 Å². The van der Waals surface area contributed by atoms with Gasteiger partial charge in [-0.1, -0.05) is 28.1 Å². The third kappa shape index (κ3) is 3.67. The summed E-state index contributed by atoms with van der Waals surface area (Å²) < 4.78 is 1.03. The average molecular weight is 264 g/mol. The first-order valence-electron chi connectivity index (χ1n) is 4.23. The smallest absolute Gasteiger partial charge is 0.0790 e. The first-order chi connectivity index (χ1) is 6.24. The van der Waals surface area contributed by atoms with E-state index in [1.54, 1.807) is 0 Å². The van der Waals surface area contributed by atoms with Crippen LogP contribution < -0.4 is 0 Å². The van der Waals surface area contributed by atoms with Gasteiger partial charge in [0.25, 0.3) is 0 Å². The van der Waals surface area contributed by atoms with Gasteiger partial charge >= 0.3 is 0 Å². The molecule has 0 bridgehead atoms. The van der Waals surface area contributed by atoms with Crippen LogP contribution in [0.15, 0.2) is 28.7 Å². The lowest BCUT2D eigenvalue weighted by molar-refractivity contribution is 0.167. The predicted molar refractivity (Wildman–Crippen MR) is 59.1 cm³/mol. The molecule has 0 unspecified atom stereocenters. The third-order valence-corrected chi connectivity index (χ3v) is 2.66. The number of aliphatic hydroxyl groups is 1. The molecule has 0 aromatic heterocycles. The van der Waals surface area contributed by atoms with Crippen LogP contribution in [0.2, 0.25) is 0 Å². The Morgan fingerprint density at radius 1 is 1.31 bits per heavy atom. The molecule has 0 heterocycles. The van der Waals surface area contributed by atoms with E-state index in [1.165, 1.54) is 0 Å². The van der Waals surface area contributed by atoms with E-state index in [1.807, 2.05) is 24.3 Å². The largest absolute Gasteiger partial charge is 0.388 e. The summed E-state index contributed by atoms with van der Waals surface area (Å²) in [6.45, 7) is 0. The molecular formula is C10H12BrClO. The van der Waals surface area contributed by atoms with Gasteiger partial charge in [0.05, 0.1) is 6.10 Å². The average Bonchev–Trinajstić information content (AvgIpc) is 2.15. The van der Waals surface area contributed by atoms with Crippen LogP contribution in [0.1, 0.15) is 24.5 Å². The standard InChI is InChI=1S/C10H12BrClO/c11-9-5-3-8(4-6-9)10(13)2-1-7-12/h3-6,10,13H,1-2,7H2/t10-/m1/s1. The Labute approximate surface area is 91.9 Å². The van der Waals surface area contributed by atoms with Crippen molar-refractivity contribution in [2.75, 3.05) is 5.88 Å². The summed E-state index contributed by atoms with van der Waals surface area (Å²) in [6.07, 6.45) is 1.19. The fourth-order valence-electron chi connectivity index (χ4n) is 1.12. The van der Waals surface area contributed by atoms with E-state index in [-0.39, 0.29) is 6.10 Å². The van der Waals surface area contributed by atoms with E-state index < -0.39 is 0 Å². The molecule has 0 fully saturated rings. The first-order valence-corrected chi connectivity index (χ1v) is 5.56. The summed E-state index contributed by atoms with van der Waals surface area (Å²) in [4.78, 5) is 0. The van der Waals surface area contributed by atoms with Gasteiger partial charge in [-0.2, -0.15) is 0 Å². The molecule has 72 valence electrons. The van der Waals surface area contributed by atoms with Crippen molar-refractivity contribution in [2.45, 2.75) is 18.9 Å². The third-order valence-electron chi connectivity index (χ3n) is 1.87. The summed E-state index contributed by atoms with van der Waals surface area (Å²) >= 11 is 8.88. The molecule has 1 rings (SSSR count). The van der Waals surface area contributed by atoms with E-state index in [4.69, 9.17) is 11.6 Å². The molecule has 0 aliphatic rings. The Kier molecular flexibility index (Phi) is 4.78. The van der Waals surface area contributed by atoms with E-state index in [0.29, 0.717) is 5.88 Å². The highest BCUT2D eigenvalue weighted by atomic mass is 79.9. The fourth-order valence-corrected chi connectivity index (χ4v) is 1.54. The van der Waals surface area contributed by atoms with E-state index in [9.17, 15) is 5.11 Å². The molecule has 1 aromatic rings. The highest BCUT2D eigenvalue weighted by Gasteiger charge is 2.05. The minimum atomic E-state index is -0.383. The Hall–Kier alpha value is -0.0500. The van der Waals surface area contributed by atoms with E-state index in [0.717, 1.165) is 22.9 Å². The normalized spacial score (nSPS) is 12.8. The second-order valence-electron chi connectivity index (χ2n) is 2.90. The van der Waals surface area contributed by atoms with Crippen molar-refractivity contribution >= 4 is 27.5 Å². The summed E-state index contributed by atoms with van der Waals surface area (Å²) in [5, 5.41) is 9.67. The molecule has 1 aromatic carbocycles. The number of halogens is 2. The minimum Gasteiger partial charge on any atom is -0.388 e. The summed E-state index contributed by atoms with van der Waals surface area (Å²) in [5.74, 6) is 0.605. The molecule has 0 saturated carbocycles. The van der Waals surface area contributed by atoms with Crippen molar-refractivity contribution in [3.8, 4) is 0 Å². The van der Waals surface area contributed by atoms with Gasteiger partial charge in [0.1, 0.15) is 0 Å². The zero-order chi connectivity index (χ0) is 9.68.